The van der Waals surface area contributed by atoms with E-state index in [-0.39, 0.29) is 23.7 Å². The Labute approximate surface area is 222 Å². The molecule has 2 rings (SSSR count). The van der Waals surface area contributed by atoms with E-state index in [1.165, 1.54) is 23.9 Å². The second-order valence-electron chi connectivity index (χ2n) is 8.39. The van der Waals surface area contributed by atoms with Crippen molar-refractivity contribution in [2.45, 2.75) is 38.4 Å². The minimum atomic E-state index is -1.19. The zero-order valence-electron chi connectivity index (χ0n) is 20.2. The molecule has 0 fully saturated rings. The molecular formula is C25H30BrN3O6S. The fraction of sp³-hybridized carbons (Fsp3) is 0.360. The van der Waals surface area contributed by atoms with Gasteiger partial charge in [-0.05, 0) is 48.1 Å². The van der Waals surface area contributed by atoms with Crippen LogP contribution in [0.4, 0.5) is 0 Å². The maximum atomic E-state index is 13.3. The number of aromatic hydroxyl groups is 1. The first-order valence-electron chi connectivity index (χ1n) is 11.2. The molecule has 0 aliphatic rings. The zero-order chi connectivity index (χ0) is 26.8. The minimum Gasteiger partial charge on any atom is -0.507 e. The van der Waals surface area contributed by atoms with Gasteiger partial charge >= 0.3 is 5.97 Å². The monoisotopic (exact) mass is 579 g/mol. The van der Waals surface area contributed by atoms with Crippen LogP contribution >= 0.6 is 27.7 Å². The molecule has 3 atom stereocenters. The third-order valence-corrected chi connectivity index (χ3v) is 6.48. The van der Waals surface area contributed by atoms with Crippen molar-refractivity contribution < 1.29 is 29.4 Å². The number of benzene rings is 2. The van der Waals surface area contributed by atoms with Crippen molar-refractivity contribution in [2.24, 2.45) is 5.92 Å². The first-order chi connectivity index (χ1) is 17.0. The van der Waals surface area contributed by atoms with E-state index >= 15 is 0 Å². The van der Waals surface area contributed by atoms with Crippen molar-refractivity contribution in [3.8, 4) is 5.75 Å². The Bertz CT molecular complexity index is 1080. The van der Waals surface area contributed by atoms with E-state index in [4.69, 9.17) is 0 Å². The molecule has 0 saturated carbocycles. The number of rotatable bonds is 12. The lowest BCUT2D eigenvalue weighted by atomic mass is 10.00. The number of thioether (sulfide) groups is 1. The summed E-state index contributed by atoms with van der Waals surface area (Å²) in [5.74, 6) is -3.22. The smallest absolute Gasteiger partial charge is 0.326 e. The first kappa shape index (κ1) is 29.2. The van der Waals surface area contributed by atoms with E-state index in [9.17, 15) is 29.4 Å². The van der Waals surface area contributed by atoms with Crippen LogP contribution in [0.5, 0.6) is 5.75 Å². The molecule has 2 aromatic carbocycles. The number of halogens is 1. The third kappa shape index (κ3) is 8.27. The van der Waals surface area contributed by atoms with Gasteiger partial charge in [-0.15, -0.1) is 0 Å². The van der Waals surface area contributed by atoms with Crippen LogP contribution in [-0.4, -0.2) is 58.0 Å². The summed E-state index contributed by atoms with van der Waals surface area (Å²) in [7, 11) is 0. The van der Waals surface area contributed by atoms with Crippen LogP contribution in [0.1, 0.15) is 42.2 Å². The van der Waals surface area contributed by atoms with Crippen molar-refractivity contribution >= 4 is 51.4 Å². The summed E-state index contributed by atoms with van der Waals surface area (Å²) in [6.07, 6.45) is 2.06. The number of amides is 3. The summed E-state index contributed by atoms with van der Waals surface area (Å²) in [6, 6.07) is 9.45. The van der Waals surface area contributed by atoms with Crippen molar-refractivity contribution in [3.05, 3.63) is 64.1 Å². The molecular weight excluding hydrogens is 550 g/mol. The predicted molar refractivity (Wildman–Crippen MR) is 142 cm³/mol. The van der Waals surface area contributed by atoms with Gasteiger partial charge in [-0.25, -0.2) is 4.79 Å². The quantitative estimate of drug-likeness (QED) is 0.260. The summed E-state index contributed by atoms with van der Waals surface area (Å²) in [5, 5.41) is 27.4. The molecule has 0 aliphatic heterocycles. The van der Waals surface area contributed by atoms with Crippen molar-refractivity contribution in [1.82, 2.24) is 16.0 Å². The number of carbonyl (C=O) groups excluding carboxylic acids is 3. The van der Waals surface area contributed by atoms with Crippen molar-refractivity contribution in [2.75, 3.05) is 12.0 Å². The molecule has 0 heterocycles. The van der Waals surface area contributed by atoms with Crippen LogP contribution in [0.25, 0.3) is 0 Å². The highest BCUT2D eigenvalue weighted by Crippen LogP contribution is 2.22. The Hall–Kier alpha value is -3.05. The van der Waals surface area contributed by atoms with Crippen LogP contribution in [0.15, 0.2) is 53.0 Å². The van der Waals surface area contributed by atoms with Crippen LogP contribution < -0.4 is 16.0 Å². The summed E-state index contributed by atoms with van der Waals surface area (Å²) >= 11 is 4.71. The number of carbonyl (C=O) groups is 4. The summed E-state index contributed by atoms with van der Waals surface area (Å²) in [6.45, 7) is 3.46. The normalized spacial score (nSPS) is 13.4. The highest BCUT2D eigenvalue weighted by Gasteiger charge is 2.32. The molecule has 36 heavy (non-hydrogen) atoms. The Balaban J connectivity index is 2.27. The number of phenols is 1. The van der Waals surface area contributed by atoms with Gasteiger partial charge < -0.3 is 26.2 Å². The number of carboxylic acid groups (broad SMARTS) is 1. The van der Waals surface area contributed by atoms with E-state index in [0.717, 1.165) is 0 Å². The van der Waals surface area contributed by atoms with Gasteiger partial charge in [0.15, 0.2) is 0 Å². The number of hydrogen-bond acceptors (Lipinski definition) is 6. The van der Waals surface area contributed by atoms with Gasteiger partial charge in [-0.1, -0.05) is 60.1 Å². The fourth-order valence-corrected chi connectivity index (χ4v) is 4.20. The van der Waals surface area contributed by atoms with Crippen LogP contribution in [0.2, 0.25) is 0 Å². The molecule has 0 saturated heterocycles. The Morgan fingerprint density at radius 1 is 0.972 bits per heavy atom. The summed E-state index contributed by atoms with van der Waals surface area (Å²) < 4.78 is 0.575. The van der Waals surface area contributed by atoms with E-state index in [1.807, 2.05) is 6.26 Å². The van der Waals surface area contributed by atoms with Gasteiger partial charge in [-0.2, -0.15) is 11.8 Å². The lowest BCUT2D eigenvalue weighted by Gasteiger charge is -2.26. The van der Waals surface area contributed by atoms with E-state index in [2.05, 4.69) is 31.9 Å². The second-order valence-corrected chi connectivity index (χ2v) is 10.3. The Morgan fingerprint density at radius 3 is 2.22 bits per heavy atom. The second kappa shape index (κ2) is 13.9. The maximum Gasteiger partial charge on any atom is 0.326 e. The van der Waals surface area contributed by atoms with Crippen molar-refractivity contribution in [3.63, 3.8) is 0 Å². The Kier molecular flexibility index (Phi) is 11.3. The summed E-state index contributed by atoms with van der Waals surface area (Å²) in [4.78, 5) is 50.9. The number of hydrogen-bond donors (Lipinski definition) is 5. The molecule has 0 bridgehead atoms. The first-order valence-corrected chi connectivity index (χ1v) is 13.4. The molecule has 0 spiro atoms. The van der Waals surface area contributed by atoms with Gasteiger partial charge in [-0.3, -0.25) is 14.4 Å². The Morgan fingerprint density at radius 2 is 1.64 bits per heavy atom. The summed E-state index contributed by atoms with van der Waals surface area (Å²) in [5.41, 5.74) is 0.439. The number of aliphatic carboxylic acids is 1. The number of carboxylic acids is 1. The molecule has 5 N–H and O–H groups in total. The van der Waals surface area contributed by atoms with Crippen LogP contribution in [0, 0.1) is 5.92 Å². The average molecular weight is 581 g/mol. The lowest BCUT2D eigenvalue weighted by molar-refractivity contribution is -0.142. The van der Waals surface area contributed by atoms with E-state index < -0.39 is 41.8 Å². The van der Waals surface area contributed by atoms with Gasteiger partial charge in [0, 0.05) is 4.47 Å². The largest absolute Gasteiger partial charge is 0.507 e. The van der Waals surface area contributed by atoms with Gasteiger partial charge in [0.2, 0.25) is 11.8 Å². The molecule has 2 aromatic rings. The SMILES string of the molecule is CSCC[C@H](NC(=O)[C@@H](NC(=O)[C@@H](NC(=O)c1cc(Br)ccc1O)C(C)C)c1ccccc1)C(=O)O. The zero-order valence-corrected chi connectivity index (χ0v) is 22.6. The topological polar surface area (TPSA) is 145 Å². The van der Waals surface area contributed by atoms with Crippen molar-refractivity contribution in [1.29, 1.82) is 0 Å². The number of phenolic OH excluding ortho intramolecular Hbond substituents is 1. The highest BCUT2D eigenvalue weighted by atomic mass is 79.9. The predicted octanol–water partition coefficient (Wildman–Crippen LogP) is 3.09. The standard InChI is InChI=1S/C25H30BrN3O6S/c1-14(2)20(28-22(31)17-13-16(26)9-10-19(17)30)23(32)29-21(15-7-5-4-6-8-15)24(33)27-18(25(34)35)11-12-36-3/h4-10,13-14,18,20-21,30H,11-12H2,1-3H3,(H,27,33)(H,28,31)(H,29,32)(H,34,35)/t18-,20-,21-/m0/s1. The maximum absolute atomic E-state index is 13.3. The highest BCUT2D eigenvalue weighted by molar-refractivity contribution is 9.10. The molecule has 0 aliphatic carbocycles. The van der Waals surface area contributed by atoms with E-state index in [1.54, 1.807) is 50.2 Å². The molecule has 0 aromatic heterocycles. The average Bonchev–Trinajstić information content (AvgIpc) is 2.84. The van der Waals surface area contributed by atoms with Crippen LogP contribution in [-0.2, 0) is 14.4 Å². The third-order valence-electron chi connectivity index (χ3n) is 5.35. The lowest BCUT2D eigenvalue weighted by Crippen LogP contribution is -2.53. The molecule has 0 unspecified atom stereocenters. The van der Waals surface area contributed by atoms with Gasteiger partial charge in [0.25, 0.3) is 5.91 Å². The van der Waals surface area contributed by atoms with E-state index in [0.29, 0.717) is 15.8 Å². The molecule has 11 heteroatoms. The molecule has 9 nitrogen and oxygen atoms in total. The number of nitrogens with one attached hydrogen (secondary N) is 3. The molecule has 3 amide bonds. The van der Waals surface area contributed by atoms with Gasteiger partial charge in [0.1, 0.15) is 23.9 Å². The minimum absolute atomic E-state index is 0.0155. The molecule has 194 valence electrons. The molecule has 0 radical (unpaired) electrons. The fourth-order valence-electron chi connectivity index (χ4n) is 3.37. The van der Waals surface area contributed by atoms with Crippen LogP contribution in [0.3, 0.4) is 0 Å². The van der Waals surface area contributed by atoms with Gasteiger partial charge in [0.05, 0.1) is 5.56 Å².